The number of nitrogens with zero attached hydrogens (tertiary/aromatic N) is 2. The Morgan fingerprint density at radius 1 is 1.00 bits per heavy atom. The molecule has 144 valence electrons. The van der Waals surface area contributed by atoms with Gasteiger partial charge in [0.15, 0.2) is 0 Å². The van der Waals surface area contributed by atoms with E-state index in [1.165, 1.54) is 0 Å². The summed E-state index contributed by atoms with van der Waals surface area (Å²) in [6.45, 7) is 4.21. The Kier molecular flexibility index (Phi) is 6.06. The van der Waals surface area contributed by atoms with Crippen LogP contribution in [0.4, 0.5) is 0 Å². The molecule has 0 spiro atoms. The van der Waals surface area contributed by atoms with Crippen molar-refractivity contribution in [2.24, 2.45) is 0 Å². The summed E-state index contributed by atoms with van der Waals surface area (Å²) in [5.41, 5.74) is 8.00. The van der Waals surface area contributed by atoms with Crippen LogP contribution in [0.25, 0.3) is 0 Å². The largest absolute Gasteiger partial charge is 0.489 e. The average molecular weight is 378 g/mol. The summed E-state index contributed by atoms with van der Waals surface area (Å²) >= 11 is 0. The molecule has 3 aromatic rings. The minimum Gasteiger partial charge on any atom is -0.489 e. The van der Waals surface area contributed by atoms with E-state index in [0.717, 1.165) is 17.0 Å². The van der Waals surface area contributed by atoms with Gasteiger partial charge in [-0.15, -0.1) is 0 Å². The first-order valence-electron chi connectivity index (χ1n) is 8.88. The molecule has 0 saturated heterocycles. The second-order valence-electron chi connectivity index (χ2n) is 6.39. The topological polar surface area (TPSA) is 85.2 Å². The lowest BCUT2D eigenvalue weighted by Gasteiger charge is -2.09. The van der Waals surface area contributed by atoms with Crippen LogP contribution in [0.1, 0.15) is 27.3 Å². The molecule has 0 aliphatic rings. The fraction of sp³-hybridized carbons (Fsp3) is 0.190. The van der Waals surface area contributed by atoms with E-state index in [-0.39, 0.29) is 12.5 Å². The number of aromatic nitrogens is 2. The van der Waals surface area contributed by atoms with Gasteiger partial charge in [0.1, 0.15) is 18.9 Å². The number of hydrogen-bond acceptors (Lipinski definition) is 4. The lowest BCUT2D eigenvalue weighted by atomic mass is 10.2. The molecule has 3 rings (SSSR count). The number of benzene rings is 2. The van der Waals surface area contributed by atoms with Gasteiger partial charge in [0, 0.05) is 11.3 Å². The summed E-state index contributed by atoms with van der Waals surface area (Å²) in [5.74, 6) is -0.104. The summed E-state index contributed by atoms with van der Waals surface area (Å²) in [6.07, 6.45) is 0. The Hall–Kier alpha value is -3.61. The predicted molar refractivity (Wildman–Crippen MR) is 105 cm³/mol. The van der Waals surface area contributed by atoms with E-state index >= 15 is 0 Å². The molecule has 2 N–H and O–H groups in total. The van der Waals surface area contributed by atoms with E-state index in [1.807, 2.05) is 50.2 Å². The maximum Gasteiger partial charge on any atom is 0.269 e. The van der Waals surface area contributed by atoms with Gasteiger partial charge in [-0.1, -0.05) is 30.3 Å². The lowest BCUT2D eigenvalue weighted by molar-refractivity contribution is -0.122. The van der Waals surface area contributed by atoms with Crippen LogP contribution in [0.3, 0.4) is 0 Å². The van der Waals surface area contributed by atoms with Crippen molar-refractivity contribution in [1.82, 2.24) is 20.6 Å². The number of rotatable bonds is 6. The van der Waals surface area contributed by atoms with Gasteiger partial charge in [-0.2, -0.15) is 5.10 Å². The minimum absolute atomic E-state index is 0.0339. The molecular weight excluding hydrogens is 356 g/mol. The van der Waals surface area contributed by atoms with Gasteiger partial charge in [0.25, 0.3) is 11.8 Å². The van der Waals surface area contributed by atoms with Crippen molar-refractivity contribution in [3.63, 3.8) is 0 Å². The molecule has 0 aliphatic heterocycles. The molecule has 0 aliphatic carbocycles. The van der Waals surface area contributed by atoms with Crippen molar-refractivity contribution in [2.45, 2.75) is 27.0 Å². The first-order chi connectivity index (χ1) is 13.5. The van der Waals surface area contributed by atoms with Crippen molar-refractivity contribution in [1.29, 1.82) is 0 Å². The van der Waals surface area contributed by atoms with Crippen LogP contribution in [-0.4, -0.2) is 21.6 Å². The van der Waals surface area contributed by atoms with Crippen molar-refractivity contribution < 1.29 is 14.3 Å². The number of ether oxygens (including phenoxy) is 1. The Labute approximate surface area is 163 Å². The van der Waals surface area contributed by atoms with E-state index in [2.05, 4.69) is 16.0 Å². The van der Waals surface area contributed by atoms with Gasteiger partial charge in [-0.05, 0) is 49.7 Å². The Morgan fingerprint density at radius 3 is 2.36 bits per heavy atom. The SMILES string of the molecule is Cc1cc(C)n(CC(=O)NNC(=O)c2ccc(OCc3ccccc3)cc2)n1. The molecule has 0 atom stereocenters. The Balaban J connectivity index is 1.47. The van der Waals surface area contributed by atoms with Crippen LogP contribution in [0.15, 0.2) is 60.7 Å². The van der Waals surface area contributed by atoms with Crippen molar-refractivity contribution in [2.75, 3.05) is 0 Å². The zero-order valence-electron chi connectivity index (χ0n) is 15.8. The van der Waals surface area contributed by atoms with Crippen LogP contribution in [0.2, 0.25) is 0 Å². The maximum absolute atomic E-state index is 12.2. The van der Waals surface area contributed by atoms with E-state index in [0.29, 0.717) is 17.9 Å². The van der Waals surface area contributed by atoms with E-state index in [4.69, 9.17) is 4.74 Å². The fourth-order valence-corrected chi connectivity index (χ4v) is 2.65. The second kappa shape index (κ2) is 8.85. The second-order valence-corrected chi connectivity index (χ2v) is 6.39. The zero-order valence-corrected chi connectivity index (χ0v) is 15.8. The number of nitrogens with one attached hydrogen (secondary N) is 2. The van der Waals surface area contributed by atoms with Gasteiger partial charge in [0.05, 0.1) is 5.69 Å². The van der Waals surface area contributed by atoms with Crippen molar-refractivity contribution >= 4 is 11.8 Å². The third kappa shape index (κ3) is 5.20. The number of carbonyl (C=O) groups is 2. The predicted octanol–water partition coefficient (Wildman–Crippen LogP) is 2.54. The molecule has 7 heteroatoms. The molecule has 7 nitrogen and oxygen atoms in total. The summed E-state index contributed by atoms with van der Waals surface area (Å²) < 4.78 is 7.27. The maximum atomic E-state index is 12.2. The molecule has 28 heavy (non-hydrogen) atoms. The summed E-state index contributed by atoms with van der Waals surface area (Å²) in [5, 5.41) is 4.21. The van der Waals surface area contributed by atoms with Gasteiger partial charge in [-0.25, -0.2) is 0 Å². The minimum atomic E-state index is -0.406. The quantitative estimate of drug-likeness (QED) is 0.646. The van der Waals surface area contributed by atoms with Gasteiger partial charge >= 0.3 is 0 Å². The Morgan fingerprint density at radius 2 is 1.71 bits per heavy atom. The van der Waals surface area contributed by atoms with Crippen LogP contribution in [0.5, 0.6) is 5.75 Å². The molecular formula is C21H22N4O3. The highest BCUT2D eigenvalue weighted by atomic mass is 16.5. The third-order valence-electron chi connectivity index (χ3n) is 4.08. The van der Waals surface area contributed by atoms with Crippen molar-refractivity contribution in [3.8, 4) is 5.75 Å². The summed E-state index contributed by atoms with van der Waals surface area (Å²) in [7, 11) is 0. The molecule has 0 bridgehead atoms. The van der Waals surface area contributed by atoms with Crippen molar-refractivity contribution in [3.05, 3.63) is 83.2 Å². The van der Waals surface area contributed by atoms with E-state index in [1.54, 1.807) is 28.9 Å². The first kappa shape index (κ1) is 19.2. The number of carbonyl (C=O) groups excluding carboxylic acids is 2. The molecule has 0 fully saturated rings. The third-order valence-corrected chi connectivity index (χ3v) is 4.08. The molecule has 1 heterocycles. The first-order valence-corrected chi connectivity index (χ1v) is 8.88. The monoisotopic (exact) mass is 378 g/mol. The number of amides is 2. The molecule has 0 radical (unpaired) electrons. The highest BCUT2D eigenvalue weighted by Crippen LogP contribution is 2.14. The van der Waals surface area contributed by atoms with Crippen LogP contribution in [0, 0.1) is 13.8 Å². The molecule has 2 aromatic carbocycles. The van der Waals surface area contributed by atoms with Crippen LogP contribution < -0.4 is 15.6 Å². The highest BCUT2D eigenvalue weighted by Gasteiger charge is 2.10. The smallest absolute Gasteiger partial charge is 0.269 e. The highest BCUT2D eigenvalue weighted by molar-refractivity contribution is 5.95. The number of hydrogen-bond donors (Lipinski definition) is 2. The lowest BCUT2D eigenvalue weighted by Crippen LogP contribution is -2.43. The number of aryl methyl sites for hydroxylation is 2. The zero-order chi connectivity index (χ0) is 19.9. The summed E-state index contributed by atoms with van der Waals surface area (Å²) in [4.78, 5) is 24.2. The normalized spacial score (nSPS) is 10.4. The Bertz CT molecular complexity index is 950. The molecule has 2 amide bonds. The van der Waals surface area contributed by atoms with Gasteiger partial charge < -0.3 is 4.74 Å². The molecule has 0 unspecified atom stereocenters. The fourth-order valence-electron chi connectivity index (χ4n) is 2.65. The number of hydrazine groups is 1. The van der Waals surface area contributed by atoms with Gasteiger partial charge in [0.2, 0.25) is 0 Å². The van der Waals surface area contributed by atoms with E-state index < -0.39 is 5.91 Å². The van der Waals surface area contributed by atoms with E-state index in [9.17, 15) is 9.59 Å². The molecule has 0 saturated carbocycles. The average Bonchev–Trinajstić information content (AvgIpc) is 3.02. The van der Waals surface area contributed by atoms with Crippen LogP contribution in [-0.2, 0) is 17.9 Å². The molecule has 1 aromatic heterocycles. The summed E-state index contributed by atoms with van der Waals surface area (Å²) in [6, 6.07) is 18.4. The van der Waals surface area contributed by atoms with Crippen LogP contribution >= 0.6 is 0 Å². The van der Waals surface area contributed by atoms with Gasteiger partial charge in [-0.3, -0.25) is 25.1 Å². The standard InChI is InChI=1S/C21H22N4O3/c1-15-12-16(2)25(24-15)13-20(26)22-23-21(27)18-8-10-19(11-9-18)28-14-17-6-4-3-5-7-17/h3-12H,13-14H2,1-2H3,(H,22,26)(H,23,27).